The van der Waals surface area contributed by atoms with Crippen molar-refractivity contribution in [1.82, 2.24) is 15.0 Å². The van der Waals surface area contributed by atoms with Gasteiger partial charge >= 0.3 is 6.01 Å². The van der Waals surface area contributed by atoms with Crippen LogP contribution in [0.4, 0.5) is 11.9 Å². The Morgan fingerprint density at radius 1 is 1.40 bits per heavy atom. The molecule has 0 radical (unpaired) electrons. The Hall–Kier alpha value is -1.59. The van der Waals surface area contributed by atoms with E-state index >= 15 is 0 Å². The minimum atomic E-state index is 0.205. The second kappa shape index (κ2) is 3.88. The third kappa shape index (κ3) is 2.08. The lowest BCUT2D eigenvalue weighted by molar-refractivity contribution is 0.379. The molecule has 2 heterocycles. The van der Waals surface area contributed by atoms with E-state index in [9.17, 15) is 0 Å². The standard InChI is InChI=1S/C9H15N5O/c1-6-3-4-14(5-6)8-11-7(10)12-9(13-8)15-2/h6H,3-5H2,1-2H3,(H2,10,11,12,13). The van der Waals surface area contributed by atoms with Gasteiger partial charge in [0.2, 0.25) is 11.9 Å². The van der Waals surface area contributed by atoms with E-state index in [-0.39, 0.29) is 12.0 Å². The summed E-state index contributed by atoms with van der Waals surface area (Å²) in [5, 5.41) is 0. The number of ether oxygens (including phenoxy) is 1. The van der Waals surface area contributed by atoms with Gasteiger partial charge in [0, 0.05) is 13.1 Å². The predicted octanol–water partition coefficient (Wildman–Crippen LogP) is 0.309. The Morgan fingerprint density at radius 2 is 2.20 bits per heavy atom. The van der Waals surface area contributed by atoms with Crippen LogP contribution in [0.1, 0.15) is 13.3 Å². The topological polar surface area (TPSA) is 77.2 Å². The molecule has 82 valence electrons. The summed E-state index contributed by atoms with van der Waals surface area (Å²) in [5.74, 6) is 1.49. The van der Waals surface area contributed by atoms with Gasteiger partial charge in [-0.25, -0.2) is 0 Å². The van der Waals surface area contributed by atoms with Crippen LogP contribution in [-0.2, 0) is 0 Å². The first-order chi connectivity index (χ1) is 7.19. The minimum Gasteiger partial charge on any atom is -0.467 e. The van der Waals surface area contributed by atoms with Crippen LogP contribution in [-0.4, -0.2) is 35.2 Å². The number of hydrogen-bond acceptors (Lipinski definition) is 6. The fraction of sp³-hybridized carbons (Fsp3) is 0.667. The van der Waals surface area contributed by atoms with E-state index in [1.165, 1.54) is 7.11 Å². The molecule has 0 aliphatic carbocycles. The van der Waals surface area contributed by atoms with Gasteiger partial charge in [-0.2, -0.15) is 15.0 Å². The van der Waals surface area contributed by atoms with E-state index in [1.54, 1.807) is 0 Å². The second-order valence-corrected chi connectivity index (χ2v) is 3.82. The molecular formula is C9H15N5O. The van der Waals surface area contributed by atoms with E-state index in [1.807, 2.05) is 0 Å². The predicted molar refractivity (Wildman–Crippen MR) is 56.8 cm³/mol. The zero-order valence-corrected chi connectivity index (χ0v) is 8.97. The van der Waals surface area contributed by atoms with Gasteiger partial charge in [-0.15, -0.1) is 0 Å². The molecular weight excluding hydrogens is 194 g/mol. The lowest BCUT2D eigenvalue weighted by Crippen LogP contribution is -2.22. The Labute approximate surface area is 88.5 Å². The number of nitrogens with zero attached hydrogens (tertiary/aromatic N) is 4. The molecule has 6 nitrogen and oxygen atoms in total. The normalized spacial score (nSPS) is 20.7. The summed E-state index contributed by atoms with van der Waals surface area (Å²) >= 11 is 0. The Morgan fingerprint density at radius 3 is 2.80 bits per heavy atom. The Kier molecular flexibility index (Phi) is 2.57. The fourth-order valence-electron chi connectivity index (χ4n) is 1.71. The van der Waals surface area contributed by atoms with Gasteiger partial charge in [0.25, 0.3) is 0 Å². The van der Waals surface area contributed by atoms with Gasteiger partial charge in [0.1, 0.15) is 0 Å². The Bertz CT molecular complexity index is 356. The quantitative estimate of drug-likeness (QED) is 0.755. The summed E-state index contributed by atoms with van der Waals surface area (Å²) in [6, 6.07) is 0.275. The third-order valence-electron chi connectivity index (χ3n) is 2.51. The maximum absolute atomic E-state index is 5.57. The van der Waals surface area contributed by atoms with E-state index in [0.29, 0.717) is 11.9 Å². The molecule has 0 amide bonds. The van der Waals surface area contributed by atoms with Crippen molar-refractivity contribution in [2.75, 3.05) is 30.8 Å². The molecule has 1 saturated heterocycles. The summed E-state index contributed by atoms with van der Waals surface area (Å²) in [5.41, 5.74) is 5.57. The zero-order valence-electron chi connectivity index (χ0n) is 8.97. The maximum Gasteiger partial charge on any atom is 0.322 e. The van der Waals surface area contributed by atoms with Crippen LogP contribution < -0.4 is 15.4 Å². The molecule has 15 heavy (non-hydrogen) atoms. The van der Waals surface area contributed by atoms with Crippen molar-refractivity contribution in [3.63, 3.8) is 0 Å². The largest absolute Gasteiger partial charge is 0.467 e. The molecule has 2 N–H and O–H groups in total. The molecule has 1 aliphatic heterocycles. The van der Waals surface area contributed by atoms with Crippen LogP contribution in [0, 0.1) is 5.92 Å². The molecule has 6 heteroatoms. The van der Waals surface area contributed by atoms with Gasteiger partial charge in [-0.05, 0) is 12.3 Å². The molecule has 1 aromatic rings. The van der Waals surface area contributed by atoms with Crippen molar-refractivity contribution in [1.29, 1.82) is 0 Å². The van der Waals surface area contributed by atoms with Crippen LogP contribution in [0.5, 0.6) is 6.01 Å². The van der Waals surface area contributed by atoms with Gasteiger partial charge in [-0.3, -0.25) is 0 Å². The molecule has 0 saturated carbocycles. The number of anilines is 2. The average Bonchev–Trinajstić information content (AvgIpc) is 2.64. The smallest absolute Gasteiger partial charge is 0.322 e. The van der Waals surface area contributed by atoms with Gasteiger partial charge in [0.15, 0.2) is 0 Å². The van der Waals surface area contributed by atoms with Crippen LogP contribution in [0.15, 0.2) is 0 Å². The van der Waals surface area contributed by atoms with E-state index in [2.05, 4.69) is 26.8 Å². The van der Waals surface area contributed by atoms with Gasteiger partial charge in [-0.1, -0.05) is 6.92 Å². The average molecular weight is 209 g/mol. The van der Waals surface area contributed by atoms with Crippen molar-refractivity contribution in [2.24, 2.45) is 5.92 Å². The number of nitrogen functional groups attached to an aromatic ring is 1. The zero-order chi connectivity index (χ0) is 10.8. The lowest BCUT2D eigenvalue weighted by atomic mass is 10.2. The number of nitrogens with two attached hydrogens (primary N) is 1. The first kappa shape index (κ1) is 9.95. The summed E-state index contributed by atoms with van der Waals surface area (Å²) in [6.07, 6.45) is 1.16. The third-order valence-corrected chi connectivity index (χ3v) is 2.51. The molecule has 1 atom stereocenters. The van der Waals surface area contributed by atoms with Crippen molar-refractivity contribution in [3.8, 4) is 6.01 Å². The molecule has 1 unspecified atom stereocenters. The molecule has 1 aromatic heterocycles. The number of hydrogen-bond donors (Lipinski definition) is 1. The summed E-state index contributed by atoms with van der Waals surface area (Å²) in [7, 11) is 1.52. The molecule has 1 aliphatic rings. The molecule has 0 aromatic carbocycles. The second-order valence-electron chi connectivity index (χ2n) is 3.82. The van der Waals surface area contributed by atoms with Crippen molar-refractivity contribution in [2.45, 2.75) is 13.3 Å². The fourth-order valence-corrected chi connectivity index (χ4v) is 1.71. The highest BCUT2D eigenvalue weighted by atomic mass is 16.5. The molecule has 0 spiro atoms. The summed E-state index contributed by atoms with van der Waals surface area (Å²) in [4.78, 5) is 14.2. The number of rotatable bonds is 2. The monoisotopic (exact) mass is 209 g/mol. The number of aromatic nitrogens is 3. The highest BCUT2D eigenvalue weighted by molar-refractivity contribution is 5.37. The first-order valence-electron chi connectivity index (χ1n) is 4.99. The summed E-state index contributed by atoms with van der Waals surface area (Å²) in [6.45, 7) is 4.14. The van der Waals surface area contributed by atoms with Gasteiger partial charge < -0.3 is 15.4 Å². The highest BCUT2D eigenvalue weighted by Gasteiger charge is 2.21. The SMILES string of the molecule is COc1nc(N)nc(N2CCC(C)C2)n1. The van der Waals surface area contributed by atoms with Crippen molar-refractivity contribution >= 4 is 11.9 Å². The molecule has 2 rings (SSSR count). The maximum atomic E-state index is 5.57. The van der Waals surface area contributed by atoms with Crippen LogP contribution in [0.25, 0.3) is 0 Å². The van der Waals surface area contributed by atoms with E-state index in [4.69, 9.17) is 10.5 Å². The first-order valence-corrected chi connectivity index (χ1v) is 4.99. The van der Waals surface area contributed by atoms with E-state index in [0.717, 1.165) is 19.5 Å². The van der Waals surface area contributed by atoms with Crippen LogP contribution in [0.2, 0.25) is 0 Å². The van der Waals surface area contributed by atoms with Gasteiger partial charge in [0.05, 0.1) is 7.11 Å². The lowest BCUT2D eigenvalue weighted by Gasteiger charge is -2.15. The molecule has 0 bridgehead atoms. The number of methoxy groups -OCH3 is 1. The Balaban J connectivity index is 2.24. The van der Waals surface area contributed by atoms with Crippen molar-refractivity contribution in [3.05, 3.63) is 0 Å². The minimum absolute atomic E-state index is 0.205. The van der Waals surface area contributed by atoms with E-state index < -0.39 is 0 Å². The molecule has 1 fully saturated rings. The van der Waals surface area contributed by atoms with Crippen molar-refractivity contribution < 1.29 is 4.74 Å². The highest BCUT2D eigenvalue weighted by Crippen LogP contribution is 2.21. The van der Waals surface area contributed by atoms with Crippen LogP contribution >= 0.6 is 0 Å². The van der Waals surface area contributed by atoms with Crippen LogP contribution in [0.3, 0.4) is 0 Å². The summed E-state index contributed by atoms with van der Waals surface area (Å²) < 4.78 is 4.95.